The lowest BCUT2D eigenvalue weighted by Gasteiger charge is -2.30. The van der Waals surface area contributed by atoms with Crippen molar-refractivity contribution < 1.29 is 28.6 Å². The fourth-order valence-electron chi connectivity index (χ4n) is 2.96. The number of halogens is 1. The second-order valence-corrected chi connectivity index (χ2v) is 6.64. The normalized spacial score (nSPS) is 13.8. The lowest BCUT2D eigenvalue weighted by atomic mass is 10.1. The topological polar surface area (TPSA) is 94.2 Å². The number of fused-ring (bicyclic) bond motifs is 1. The first-order valence-corrected chi connectivity index (χ1v) is 9.06. The highest BCUT2D eigenvalue weighted by atomic mass is 35.5. The largest absolute Gasteiger partial charge is 0.493 e. The van der Waals surface area contributed by atoms with Gasteiger partial charge < -0.3 is 19.5 Å². The van der Waals surface area contributed by atoms with Crippen molar-refractivity contribution in [3.05, 3.63) is 47.0 Å². The van der Waals surface area contributed by atoms with E-state index in [4.69, 9.17) is 25.8 Å². The summed E-state index contributed by atoms with van der Waals surface area (Å²) >= 11 is 6.12. The Kier molecular flexibility index (Phi) is 5.93. The third-order valence-electron chi connectivity index (χ3n) is 4.34. The molecule has 8 nitrogen and oxygen atoms in total. The minimum Gasteiger partial charge on any atom is -0.493 e. The molecule has 2 aromatic carbocycles. The SMILES string of the molecule is COc1cc(C(=O)O[C@H](C)C(=O)N2CC(=O)Nc3ccccc32)cc(Cl)c1OC. The average Bonchev–Trinajstić information content (AvgIpc) is 2.71. The average molecular weight is 419 g/mol. The number of hydrogen-bond donors (Lipinski definition) is 1. The molecule has 0 aromatic heterocycles. The number of hydrogen-bond acceptors (Lipinski definition) is 6. The number of nitrogens with one attached hydrogen (secondary N) is 1. The molecule has 2 amide bonds. The van der Waals surface area contributed by atoms with Crippen LogP contribution in [0.15, 0.2) is 36.4 Å². The van der Waals surface area contributed by atoms with E-state index >= 15 is 0 Å². The van der Waals surface area contributed by atoms with Gasteiger partial charge in [0.15, 0.2) is 17.6 Å². The van der Waals surface area contributed by atoms with Crippen LogP contribution < -0.4 is 19.7 Å². The zero-order chi connectivity index (χ0) is 21.1. The molecule has 0 saturated carbocycles. The van der Waals surface area contributed by atoms with Gasteiger partial charge in [0, 0.05) is 0 Å². The van der Waals surface area contributed by atoms with Gasteiger partial charge in [-0.05, 0) is 31.2 Å². The molecule has 9 heteroatoms. The van der Waals surface area contributed by atoms with Crippen LogP contribution in [0.25, 0.3) is 0 Å². The molecule has 0 bridgehead atoms. The van der Waals surface area contributed by atoms with Crippen molar-refractivity contribution in [1.82, 2.24) is 0 Å². The number of esters is 1. The van der Waals surface area contributed by atoms with E-state index in [1.54, 1.807) is 24.3 Å². The number of carbonyl (C=O) groups is 3. The summed E-state index contributed by atoms with van der Waals surface area (Å²) in [5.74, 6) is -1.07. The molecule has 1 aliphatic heterocycles. The summed E-state index contributed by atoms with van der Waals surface area (Å²) in [6.45, 7) is 1.28. The van der Waals surface area contributed by atoms with E-state index in [0.717, 1.165) is 0 Å². The van der Waals surface area contributed by atoms with Crippen LogP contribution in [0.3, 0.4) is 0 Å². The molecule has 1 aliphatic rings. The van der Waals surface area contributed by atoms with Crippen LogP contribution in [0, 0.1) is 0 Å². The number of benzene rings is 2. The maximum Gasteiger partial charge on any atom is 0.339 e. The molecule has 1 atom stereocenters. The standard InChI is InChI=1S/C20H19ClN2O6/c1-11(19(25)23-10-17(24)22-14-6-4-5-7-15(14)23)29-20(26)12-8-13(21)18(28-3)16(9-12)27-2/h4-9,11H,10H2,1-3H3,(H,22,24)/t11-/m1/s1. The van der Waals surface area contributed by atoms with Gasteiger partial charge in [-0.25, -0.2) is 4.79 Å². The van der Waals surface area contributed by atoms with Gasteiger partial charge in [-0.2, -0.15) is 0 Å². The molecule has 29 heavy (non-hydrogen) atoms. The number of nitrogens with zero attached hydrogens (tertiary/aromatic N) is 1. The van der Waals surface area contributed by atoms with Crippen molar-refractivity contribution in [3.63, 3.8) is 0 Å². The molecule has 0 aliphatic carbocycles. The van der Waals surface area contributed by atoms with Gasteiger partial charge in [0.25, 0.3) is 5.91 Å². The predicted octanol–water partition coefficient (Wildman–Crippen LogP) is 2.89. The Labute approximate surface area is 172 Å². The second kappa shape index (κ2) is 8.40. The molecular weight excluding hydrogens is 400 g/mol. The smallest absolute Gasteiger partial charge is 0.339 e. The van der Waals surface area contributed by atoms with E-state index in [1.165, 1.54) is 38.2 Å². The van der Waals surface area contributed by atoms with Crippen LogP contribution in [0.2, 0.25) is 5.02 Å². The van der Waals surface area contributed by atoms with E-state index in [9.17, 15) is 14.4 Å². The molecule has 1 heterocycles. The number of methoxy groups -OCH3 is 2. The van der Waals surface area contributed by atoms with Gasteiger partial charge in [0.05, 0.1) is 36.2 Å². The maximum atomic E-state index is 12.9. The van der Waals surface area contributed by atoms with Crippen LogP contribution in [0.4, 0.5) is 11.4 Å². The van der Waals surface area contributed by atoms with Gasteiger partial charge in [-0.15, -0.1) is 0 Å². The highest BCUT2D eigenvalue weighted by Gasteiger charge is 2.31. The summed E-state index contributed by atoms with van der Waals surface area (Å²) in [4.78, 5) is 38.6. The zero-order valence-corrected chi connectivity index (χ0v) is 16.8. The van der Waals surface area contributed by atoms with Gasteiger partial charge in [-0.1, -0.05) is 23.7 Å². The Morgan fingerprint density at radius 2 is 1.90 bits per heavy atom. The van der Waals surface area contributed by atoms with Crippen LogP contribution in [-0.2, 0) is 14.3 Å². The number of anilines is 2. The highest BCUT2D eigenvalue weighted by molar-refractivity contribution is 6.32. The van der Waals surface area contributed by atoms with Crippen molar-refractivity contribution in [2.24, 2.45) is 0 Å². The summed E-state index contributed by atoms with van der Waals surface area (Å²) in [6.07, 6.45) is -1.13. The number of ether oxygens (including phenoxy) is 3. The van der Waals surface area contributed by atoms with Crippen molar-refractivity contribution in [2.75, 3.05) is 31.0 Å². The first-order valence-electron chi connectivity index (χ1n) is 8.68. The lowest BCUT2D eigenvalue weighted by Crippen LogP contribution is -2.47. The van der Waals surface area contributed by atoms with Gasteiger partial charge in [0.1, 0.15) is 6.54 Å². The monoisotopic (exact) mass is 418 g/mol. The molecule has 152 valence electrons. The fraction of sp³-hybridized carbons (Fsp3) is 0.250. The number of amides is 2. The predicted molar refractivity (Wildman–Crippen MR) is 107 cm³/mol. The molecule has 2 aromatic rings. The van der Waals surface area contributed by atoms with E-state index in [2.05, 4.69) is 5.32 Å². The van der Waals surface area contributed by atoms with E-state index in [-0.39, 0.29) is 34.5 Å². The molecule has 0 spiro atoms. The lowest BCUT2D eigenvalue weighted by molar-refractivity contribution is -0.128. The van der Waals surface area contributed by atoms with Crippen molar-refractivity contribution >= 4 is 40.8 Å². The Hall–Kier alpha value is -3.26. The van der Waals surface area contributed by atoms with E-state index in [1.807, 2.05) is 0 Å². The molecule has 0 fully saturated rings. The van der Waals surface area contributed by atoms with Crippen molar-refractivity contribution in [1.29, 1.82) is 0 Å². The molecular formula is C20H19ClN2O6. The minimum absolute atomic E-state index is 0.101. The summed E-state index contributed by atoms with van der Waals surface area (Å²) in [6, 6.07) is 9.67. The first-order chi connectivity index (χ1) is 13.8. The quantitative estimate of drug-likeness (QED) is 0.750. The minimum atomic E-state index is -1.13. The number of rotatable bonds is 5. The molecule has 1 N–H and O–H groups in total. The second-order valence-electron chi connectivity index (χ2n) is 6.23. The number of carbonyl (C=O) groups excluding carboxylic acids is 3. The molecule has 0 unspecified atom stereocenters. The third kappa shape index (κ3) is 4.12. The van der Waals surface area contributed by atoms with Crippen LogP contribution >= 0.6 is 11.6 Å². The third-order valence-corrected chi connectivity index (χ3v) is 4.62. The van der Waals surface area contributed by atoms with Gasteiger partial charge in [-0.3, -0.25) is 14.5 Å². The van der Waals surface area contributed by atoms with Gasteiger partial charge >= 0.3 is 5.97 Å². The Bertz CT molecular complexity index is 977. The Morgan fingerprint density at radius 1 is 1.17 bits per heavy atom. The molecule has 3 rings (SSSR count). The van der Waals surface area contributed by atoms with Crippen LogP contribution in [0.5, 0.6) is 11.5 Å². The Balaban J connectivity index is 1.79. The van der Waals surface area contributed by atoms with Gasteiger partial charge in [0.2, 0.25) is 5.91 Å². The van der Waals surface area contributed by atoms with Crippen LogP contribution in [-0.4, -0.2) is 44.7 Å². The number of para-hydroxylation sites is 2. The Morgan fingerprint density at radius 3 is 2.59 bits per heavy atom. The molecule has 0 saturated heterocycles. The van der Waals surface area contributed by atoms with Crippen LogP contribution in [0.1, 0.15) is 17.3 Å². The zero-order valence-electron chi connectivity index (χ0n) is 16.0. The summed E-state index contributed by atoms with van der Waals surface area (Å²) in [7, 11) is 2.84. The summed E-state index contributed by atoms with van der Waals surface area (Å²) in [5.41, 5.74) is 1.15. The maximum absolute atomic E-state index is 12.9. The fourth-order valence-corrected chi connectivity index (χ4v) is 3.25. The van der Waals surface area contributed by atoms with Crippen molar-refractivity contribution in [3.8, 4) is 11.5 Å². The van der Waals surface area contributed by atoms with Crippen molar-refractivity contribution in [2.45, 2.75) is 13.0 Å². The van der Waals surface area contributed by atoms with E-state index in [0.29, 0.717) is 11.4 Å². The summed E-state index contributed by atoms with van der Waals surface area (Å²) < 4.78 is 15.6. The van der Waals surface area contributed by atoms with E-state index < -0.39 is 18.0 Å². The highest BCUT2D eigenvalue weighted by Crippen LogP contribution is 2.36. The first kappa shape index (κ1) is 20.5. The summed E-state index contributed by atoms with van der Waals surface area (Å²) in [5, 5.41) is 2.87. The molecule has 0 radical (unpaired) electrons.